The Hall–Kier alpha value is -2.54. The molecule has 0 aliphatic carbocycles. The summed E-state index contributed by atoms with van der Waals surface area (Å²) < 4.78 is 10.8. The number of hydrogen-bond acceptors (Lipinski definition) is 5. The Labute approximate surface area is 191 Å². The lowest BCUT2D eigenvalue weighted by atomic mass is 9.95. The number of amides is 1. The number of halogens is 2. The first-order chi connectivity index (χ1) is 14.7. The highest BCUT2D eigenvalue weighted by atomic mass is 35.5. The van der Waals surface area contributed by atoms with Gasteiger partial charge >= 0.3 is 0 Å². The van der Waals surface area contributed by atoms with Crippen molar-refractivity contribution in [1.29, 1.82) is 0 Å². The first-order valence-electron chi connectivity index (χ1n) is 9.74. The van der Waals surface area contributed by atoms with Crippen LogP contribution >= 0.6 is 23.2 Å². The van der Waals surface area contributed by atoms with Gasteiger partial charge in [0.1, 0.15) is 11.5 Å². The van der Waals surface area contributed by atoms with Gasteiger partial charge in [-0.05, 0) is 49.7 Å². The van der Waals surface area contributed by atoms with E-state index in [1.165, 1.54) is 24.1 Å². The summed E-state index contributed by atoms with van der Waals surface area (Å²) >= 11 is 12.0. The second-order valence-corrected chi connectivity index (χ2v) is 8.16. The number of aliphatic hydroxyl groups excluding tert-OH is 1. The van der Waals surface area contributed by atoms with Gasteiger partial charge in [0, 0.05) is 19.2 Å². The van der Waals surface area contributed by atoms with Crippen LogP contribution in [0.5, 0.6) is 5.75 Å². The number of carbonyl (C=O) groups is 2. The number of Topliss-reactive ketones (excluding diaryl/α,β-unsaturated/α-hetero) is 1. The van der Waals surface area contributed by atoms with E-state index in [1.54, 1.807) is 30.3 Å². The molecule has 0 bridgehead atoms. The van der Waals surface area contributed by atoms with Gasteiger partial charge < -0.3 is 19.5 Å². The molecule has 1 saturated heterocycles. The largest absolute Gasteiger partial charge is 0.507 e. The summed E-state index contributed by atoms with van der Waals surface area (Å²) in [5, 5.41) is 11.5. The van der Waals surface area contributed by atoms with Crippen LogP contribution in [0.4, 0.5) is 0 Å². The van der Waals surface area contributed by atoms with Crippen molar-refractivity contribution in [2.45, 2.75) is 26.0 Å². The maximum atomic E-state index is 12.9. The van der Waals surface area contributed by atoms with Gasteiger partial charge in [0.05, 0.1) is 34.4 Å². The van der Waals surface area contributed by atoms with Crippen LogP contribution in [0.2, 0.25) is 10.0 Å². The van der Waals surface area contributed by atoms with E-state index in [9.17, 15) is 14.7 Å². The molecule has 3 rings (SSSR count). The fourth-order valence-corrected chi connectivity index (χ4v) is 3.74. The Bertz CT molecular complexity index is 1020. The fourth-order valence-electron chi connectivity index (χ4n) is 3.45. The highest BCUT2D eigenvalue weighted by Gasteiger charge is 2.45. The second kappa shape index (κ2) is 9.73. The number of methoxy groups -OCH3 is 1. The van der Waals surface area contributed by atoms with Crippen LogP contribution in [0.1, 0.15) is 31.0 Å². The molecular formula is C23H23Cl2NO5. The summed E-state index contributed by atoms with van der Waals surface area (Å²) in [6.45, 7) is 4.27. The third-order valence-electron chi connectivity index (χ3n) is 4.84. The van der Waals surface area contributed by atoms with E-state index in [1.807, 2.05) is 13.8 Å². The van der Waals surface area contributed by atoms with Crippen LogP contribution in [0.15, 0.2) is 48.0 Å². The van der Waals surface area contributed by atoms with Crippen molar-refractivity contribution < 1.29 is 24.2 Å². The number of aliphatic hydroxyl groups is 1. The molecule has 1 N–H and O–H groups in total. The highest BCUT2D eigenvalue weighted by Crippen LogP contribution is 2.40. The summed E-state index contributed by atoms with van der Waals surface area (Å²) in [7, 11) is 1.51. The van der Waals surface area contributed by atoms with Gasteiger partial charge in [-0.3, -0.25) is 9.59 Å². The Kier molecular flexibility index (Phi) is 7.26. The van der Waals surface area contributed by atoms with E-state index < -0.39 is 17.7 Å². The van der Waals surface area contributed by atoms with Crippen molar-refractivity contribution >= 4 is 40.7 Å². The number of hydrogen-bond donors (Lipinski definition) is 1. The number of carbonyl (C=O) groups excluding carboxylic acids is 2. The quantitative estimate of drug-likeness (QED) is 0.360. The van der Waals surface area contributed by atoms with E-state index >= 15 is 0 Å². The molecule has 1 amide bonds. The molecule has 1 heterocycles. The topological polar surface area (TPSA) is 76.1 Å². The fraction of sp³-hybridized carbons (Fsp3) is 0.304. The van der Waals surface area contributed by atoms with E-state index in [4.69, 9.17) is 32.7 Å². The van der Waals surface area contributed by atoms with Gasteiger partial charge in [-0.2, -0.15) is 0 Å². The van der Waals surface area contributed by atoms with E-state index in [2.05, 4.69) is 0 Å². The third kappa shape index (κ3) is 4.87. The maximum absolute atomic E-state index is 12.9. The lowest BCUT2D eigenvalue weighted by molar-refractivity contribution is -0.140. The van der Waals surface area contributed by atoms with Crippen LogP contribution in [0.25, 0.3) is 5.76 Å². The smallest absolute Gasteiger partial charge is 0.295 e. The van der Waals surface area contributed by atoms with Gasteiger partial charge in [0.25, 0.3) is 11.7 Å². The van der Waals surface area contributed by atoms with Crippen molar-refractivity contribution in [3.63, 3.8) is 0 Å². The minimum Gasteiger partial charge on any atom is -0.507 e. The van der Waals surface area contributed by atoms with Crippen LogP contribution in [0, 0.1) is 0 Å². The monoisotopic (exact) mass is 463 g/mol. The molecule has 0 radical (unpaired) electrons. The summed E-state index contributed by atoms with van der Waals surface area (Å²) in [5.41, 5.74) is 0.939. The van der Waals surface area contributed by atoms with Crippen LogP contribution in [-0.2, 0) is 14.3 Å². The first kappa shape index (κ1) is 23.1. The Morgan fingerprint density at radius 2 is 1.77 bits per heavy atom. The normalized spacial score (nSPS) is 18.1. The molecule has 1 unspecified atom stereocenters. The molecule has 2 aromatic carbocycles. The first-order valence-corrected chi connectivity index (χ1v) is 10.5. The average molecular weight is 464 g/mol. The van der Waals surface area contributed by atoms with Crippen LogP contribution < -0.4 is 4.74 Å². The van der Waals surface area contributed by atoms with Crippen LogP contribution in [-0.4, -0.2) is 48.1 Å². The molecule has 1 aliphatic heterocycles. The molecule has 31 heavy (non-hydrogen) atoms. The number of nitrogens with zero attached hydrogens (tertiary/aromatic N) is 1. The lowest BCUT2D eigenvalue weighted by Crippen LogP contribution is -2.32. The van der Waals surface area contributed by atoms with Crippen molar-refractivity contribution in [3.05, 3.63) is 69.2 Å². The molecule has 164 valence electrons. The number of ketones is 1. The SMILES string of the molecule is COCCN1C(=O)C(=O)/C(=C(\O)c2ccc(Cl)c(Cl)c2)C1c1ccc(OC(C)C)cc1. The van der Waals surface area contributed by atoms with Gasteiger partial charge in [0.15, 0.2) is 0 Å². The van der Waals surface area contributed by atoms with E-state index in [0.717, 1.165) is 0 Å². The summed E-state index contributed by atoms with van der Waals surface area (Å²) in [6, 6.07) is 10.8. The van der Waals surface area contributed by atoms with Gasteiger partial charge in [-0.15, -0.1) is 0 Å². The predicted octanol–water partition coefficient (Wildman–Crippen LogP) is 4.85. The van der Waals surface area contributed by atoms with Gasteiger partial charge in [-0.25, -0.2) is 0 Å². The van der Waals surface area contributed by atoms with Crippen molar-refractivity contribution in [2.24, 2.45) is 0 Å². The van der Waals surface area contributed by atoms with Crippen molar-refractivity contribution in [2.75, 3.05) is 20.3 Å². The molecule has 6 nitrogen and oxygen atoms in total. The molecule has 1 atom stereocenters. The molecule has 1 aliphatic rings. The zero-order valence-electron chi connectivity index (χ0n) is 17.4. The van der Waals surface area contributed by atoms with Gasteiger partial charge in [-0.1, -0.05) is 35.3 Å². The highest BCUT2D eigenvalue weighted by molar-refractivity contribution is 6.46. The number of ether oxygens (including phenoxy) is 2. The molecule has 2 aromatic rings. The molecule has 0 spiro atoms. The van der Waals surface area contributed by atoms with Crippen LogP contribution in [0.3, 0.4) is 0 Å². The minimum absolute atomic E-state index is 0.00726. The molecule has 0 saturated carbocycles. The summed E-state index contributed by atoms with van der Waals surface area (Å²) in [4.78, 5) is 27.1. The molecule has 0 aromatic heterocycles. The van der Waals surface area contributed by atoms with Crippen molar-refractivity contribution in [3.8, 4) is 5.75 Å². The molecule has 1 fully saturated rings. The second-order valence-electron chi connectivity index (χ2n) is 7.35. The van der Waals surface area contributed by atoms with Crippen molar-refractivity contribution in [1.82, 2.24) is 4.90 Å². The maximum Gasteiger partial charge on any atom is 0.295 e. The predicted molar refractivity (Wildman–Crippen MR) is 120 cm³/mol. The molecule has 8 heteroatoms. The Morgan fingerprint density at radius 1 is 1.10 bits per heavy atom. The van der Waals surface area contributed by atoms with E-state index in [-0.39, 0.29) is 35.6 Å². The zero-order chi connectivity index (χ0) is 22.7. The number of benzene rings is 2. The Balaban J connectivity index is 2.11. The number of likely N-dealkylation sites (tertiary alicyclic amines) is 1. The lowest BCUT2D eigenvalue weighted by Gasteiger charge is -2.25. The van der Waals surface area contributed by atoms with Gasteiger partial charge in [0.2, 0.25) is 0 Å². The Morgan fingerprint density at radius 3 is 2.35 bits per heavy atom. The number of rotatable bonds is 7. The average Bonchev–Trinajstić information content (AvgIpc) is 2.98. The minimum atomic E-state index is -0.780. The van der Waals surface area contributed by atoms with E-state index in [0.29, 0.717) is 21.9 Å². The standard InChI is InChI=1S/C23H23Cl2NO5/c1-13(2)31-16-7-4-14(5-8-16)20-19(22(28)23(29)26(20)10-11-30-3)21(27)15-6-9-17(24)18(25)12-15/h4-9,12-13,20,27H,10-11H2,1-3H3/b21-19-. The third-order valence-corrected chi connectivity index (χ3v) is 5.58. The molecular weight excluding hydrogens is 441 g/mol. The summed E-state index contributed by atoms with van der Waals surface area (Å²) in [5.74, 6) is -1.13. The zero-order valence-corrected chi connectivity index (χ0v) is 18.9. The summed E-state index contributed by atoms with van der Waals surface area (Å²) in [6.07, 6.45) is 0.00726.